The molecule has 1 aromatic rings. The van der Waals surface area contributed by atoms with Gasteiger partial charge >= 0.3 is 0 Å². The molecule has 0 radical (unpaired) electrons. The van der Waals surface area contributed by atoms with Gasteiger partial charge in [0.15, 0.2) is 0 Å². The van der Waals surface area contributed by atoms with E-state index in [4.69, 9.17) is 10.5 Å². The van der Waals surface area contributed by atoms with Gasteiger partial charge < -0.3 is 10.5 Å². The monoisotopic (exact) mass is 279 g/mol. The zero-order chi connectivity index (χ0) is 9.84. The number of nitrogens with two attached hydrogens (primary N) is 1. The highest BCUT2D eigenvalue weighted by Crippen LogP contribution is 2.27. The van der Waals surface area contributed by atoms with Crippen molar-refractivity contribution in [2.45, 2.75) is 19.4 Å². The summed E-state index contributed by atoms with van der Waals surface area (Å²) in [5.41, 5.74) is 7.03. The van der Waals surface area contributed by atoms with Crippen molar-refractivity contribution >= 4 is 28.3 Å². The highest BCUT2D eigenvalue weighted by molar-refractivity contribution is 9.10. The van der Waals surface area contributed by atoms with Crippen LogP contribution in [0.4, 0.5) is 0 Å². The number of rotatable bonds is 3. The van der Waals surface area contributed by atoms with E-state index in [2.05, 4.69) is 22.9 Å². The first kappa shape index (κ1) is 13.8. The standard InChI is InChI=1S/C10H14BrNO.ClH/c1-3-10(12)8-6-7(13-2)4-5-9(8)11;/h4-6,10H,3,12H2,1-2H3;1H/t10-;/m1./s1. The van der Waals surface area contributed by atoms with Gasteiger partial charge in [-0.1, -0.05) is 22.9 Å². The lowest BCUT2D eigenvalue weighted by atomic mass is 10.1. The summed E-state index contributed by atoms with van der Waals surface area (Å²) in [6, 6.07) is 5.92. The molecule has 0 amide bonds. The lowest BCUT2D eigenvalue weighted by molar-refractivity contribution is 0.413. The minimum atomic E-state index is 0. The fraction of sp³-hybridized carbons (Fsp3) is 0.400. The zero-order valence-electron chi connectivity index (χ0n) is 8.29. The van der Waals surface area contributed by atoms with Gasteiger partial charge in [0.25, 0.3) is 0 Å². The molecule has 0 heterocycles. The Morgan fingerprint density at radius 1 is 1.50 bits per heavy atom. The maximum Gasteiger partial charge on any atom is 0.119 e. The number of benzene rings is 1. The van der Waals surface area contributed by atoms with Gasteiger partial charge in [-0.2, -0.15) is 0 Å². The molecule has 0 spiro atoms. The molecular formula is C10H15BrClNO. The molecule has 0 aliphatic carbocycles. The summed E-state index contributed by atoms with van der Waals surface area (Å²) in [4.78, 5) is 0. The highest BCUT2D eigenvalue weighted by atomic mass is 79.9. The molecule has 1 atom stereocenters. The third kappa shape index (κ3) is 3.15. The molecule has 4 heteroatoms. The number of ether oxygens (including phenoxy) is 1. The lowest BCUT2D eigenvalue weighted by Gasteiger charge is -2.12. The zero-order valence-corrected chi connectivity index (χ0v) is 10.7. The van der Waals surface area contributed by atoms with Crippen LogP contribution in [0, 0.1) is 0 Å². The second-order valence-corrected chi connectivity index (χ2v) is 3.76. The third-order valence-corrected chi connectivity index (χ3v) is 2.76. The topological polar surface area (TPSA) is 35.2 Å². The Hall–Kier alpha value is -0.250. The molecule has 0 aliphatic rings. The van der Waals surface area contributed by atoms with Gasteiger partial charge in [0, 0.05) is 10.5 Å². The normalized spacial score (nSPS) is 11.7. The molecule has 1 aromatic carbocycles. The first-order valence-electron chi connectivity index (χ1n) is 4.28. The summed E-state index contributed by atoms with van der Waals surface area (Å²) in [6.07, 6.45) is 0.922. The van der Waals surface area contributed by atoms with E-state index in [9.17, 15) is 0 Å². The van der Waals surface area contributed by atoms with Crippen LogP contribution < -0.4 is 10.5 Å². The van der Waals surface area contributed by atoms with Crippen LogP contribution in [0.5, 0.6) is 5.75 Å². The van der Waals surface area contributed by atoms with Crippen LogP contribution in [0.25, 0.3) is 0 Å². The number of hydrogen-bond acceptors (Lipinski definition) is 2. The second kappa shape index (κ2) is 6.27. The van der Waals surface area contributed by atoms with Crippen molar-refractivity contribution in [1.29, 1.82) is 0 Å². The first-order valence-corrected chi connectivity index (χ1v) is 5.07. The van der Waals surface area contributed by atoms with E-state index in [1.54, 1.807) is 7.11 Å². The van der Waals surface area contributed by atoms with Gasteiger partial charge in [-0.25, -0.2) is 0 Å². The molecule has 0 bridgehead atoms. The van der Waals surface area contributed by atoms with E-state index >= 15 is 0 Å². The van der Waals surface area contributed by atoms with Gasteiger partial charge in [-0.05, 0) is 30.2 Å². The largest absolute Gasteiger partial charge is 0.497 e. The van der Waals surface area contributed by atoms with E-state index in [0.717, 1.165) is 22.2 Å². The van der Waals surface area contributed by atoms with E-state index in [1.165, 1.54) is 0 Å². The van der Waals surface area contributed by atoms with Crippen molar-refractivity contribution in [3.63, 3.8) is 0 Å². The van der Waals surface area contributed by atoms with Crippen molar-refractivity contribution < 1.29 is 4.74 Å². The maximum absolute atomic E-state index is 5.93. The summed E-state index contributed by atoms with van der Waals surface area (Å²) in [7, 11) is 1.66. The molecule has 80 valence electrons. The maximum atomic E-state index is 5.93. The van der Waals surface area contributed by atoms with Crippen LogP contribution in [-0.4, -0.2) is 7.11 Å². The summed E-state index contributed by atoms with van der Waals surface area (Å²) in [5, 5.41) is 0. The van der Waals surface area contributed by atoms with Crippen LogP contribution in [0.3, 0.4) is 0 Å². The van der Waals surface area contributed by atoms with Gasteiger partial charge in [0.1, 0.15) is 5.75 Å². The van der Waals surface area contributed by atoms with Crippen LogP contribution >= 0.6 is 28.3 Å². The Balaban J connectivity index is 0.00000169. The lowest BCUT2D eigenvalue weighted by Crippen LogP contribution is -2.09. The van der Waals surface area contributed by atoms with Crippen LogP contribution in [0.15, 0.2) is 22.7 Å². The predicted octanol–water partition coefficient (Wildman–Crippen LogP) is 3.29. The Bertz CT molecular complexity index is 293. The first-order chi connectivity index (χ1) is 6.19. The van der Waals surface area contributed by atoms with E-state index in [1.807, 2.05) is 18.2 Å². The molecule has 0 saturated heterocycles. The number of hydrogen-bond donors (Lipinski definition) is 1. The van der Waals surface area contributed by atoms with Crippen molar-refractivity contribution in [1.82, 2.24) is 0 Å². The Kier molecular flexibility index (Phi) is 6.16. The van der Waals surface area contributed by atoms with E-state index in [0.29, 0.717) is 0 Å². The summed E-state index contributed by atoms with van der Waals surface area (Å²) in [5.74, 6) is 0.849. The minimum absolute atomic E-state index is 0. The molecule has 0 fully saturated rings. The summed E-state index contributed by atoms with van der Waals surface area (Å²) in [6.45, 7) is 2.07. The fourth-order valence-electron chi connectivity index (χ4n) is 1.15. The molecule has 0 aliphatic heterocycles. The average molecular weight is 281 g/mol. The SMILES string of the molecule is CC[C@@H](N)c1cc(OC)ccc1Br.Cl. The predicted molar refractivity (Wildman–Crippen MR) is 65.2 cm³/mol. The van der Waals surface area contributed by atoms with Gasteiger partial charge in [0.2, 0.25) is 0 Å². The average Bonchev–Trinajstić information content (AvgIpc) is 2.17. The Morgan fingerprint density at radius 3 is 2.64 bits per heavy atom. The van der Waals surface area contributed by atoms with Crippen LogP contribution in [0.2, 0.25) is 0 Å². The summed E-state index contributed by atoms with van der Waals surface area (Å²) >= 11 is 3.47. The fourth-order valence-corrected chi connectivity index (χ4v) is 1.69. The highest BCUT2D eigenvalue weighted by Gasteiger charge is 2.08. The van der Waals surface area contributed by atoms with Gasteiger partial charge in [-0.3, -0.25) is 0 Å². The van der Waals surface area contributed by atoms with E-state index in [-0.39, 0.29) is 18.4 Å². The quantitative estimate of drug-likeness (QED) is 0.922. The van der Waals surface area contributed by atoms with E-state index < -0.39 is 0 Å². The summed E-state index contributed by atoms with van der Waals surface area (Å²) < 4.78 is 6.17. The molecular weight excluding hydrogens is 265 g/mol. The Morgan fingerprint density at radius 2 is 2.14 bits per heavy atom. The Labute approximate surface area is 99.4 Å². The molecule has 0 saturated carbocycles. The molecule has 0 aromatic heterocycles. The smallest absolute Gasteiger partial charge is 0.119 e. The van der Waals surface area contributed by atoms with Crippen LogP contribution in [-0.2, 0) is 0 Å². The second-order valence-electron chi connectivity index (χ2n) is 2.90. The molecule has 1 rings (SSSR count). The molecule has 0 unspecified atom stereocenters. The number of methoxy groups -OCH3 is 1. The van der Waals surface area contributed by atoms with Crippen LogP contribution in [0.1, 0.15) is 24.9 Å². The number of halogens is 2. The van der Waals surface area contributed by atoms with Gasteiger partial charge in [-0.15, -0.1) is 12.4 Å². The van der Waals surface area contributed by atoms with Crippen molar-refractivity contribution in [3.05, 3.63) is 28.2 Å². The van der Waals surface area contributed by atoms with Crippen molar-refractivity contribution in [2.75, 3.05) is 7.11 Å². The third-order valence-electron chi connectivity index (χ3n) is 2.04. The molecule has 2 N–H and O–H groups in total. The molecule has 2 nitrogen and oxygen atoms in total. The van der Waals surface area contributed by atoms with Gasteiger partial charge in [0.05, 0.1) is 7.11 Å². The minimum Gasteiger partial charge on any atom is -0.497 e. The van der Waals surface area contributed by atoms with Crippen molar-refractivity contribution in [2.24, 2.45) is 5.73 Å². The molecule has 14 heavy (non-hydrogen) atoms. The van der Waals surface area contributed by atoms with Crippen molar-refractivity contribution in [3.8, 4) is 5.75 Å².